The number of rotatable bonds is 5. The molecule has 0 aliphatic carbocycles. The zero-order chi connectivity index (χ0) is 24.6. The predicted octanol–water partition coefficient (Wildman–Crippen LogP) is 7.51. The Morgan fingerprint density at radius 3 is 2.67 bits per heavy atom. The average molecular weight is 556 g/mol. The summed E-state index contributed by atoms with van der Waals surface area (Å²) in [6.45, 7) is 2.05. The summed E-state index contributed by atoms with van der Waals surface area (Å²) in [6, 6.07) is 26.7. The molecule has 0 bridgehead atoms. The number of aromatic nitrogens is 2. The van der Waals surface area contributed by atoms with Crippen molar-refractivity contribution in [2.45, 2.75) is 16.9 Å². The molecule has 0 amide bonds. The van der Waals surface area contributed by atoms with E-state index in [4.69, 9.17) is 13.8 Å². The van der Waals surface area contributed by atoms with E-state index in [1.807, 2.05) is 42.5 Å². The van der Waals surface area contributed by atoms with Gasteiger partial charge in [0, 0.05) is 14.8 Å². The van der Waals surface area contributed by atoms with Gasteiger partial charge < -0.3 is 8.83 Å². The normalized spacial score (nSPS) is 11.7. The lowest BCUT2D eigenvalue weighted by molar-refractivity contribution is 0.468. The van der Waals surface area contributed by atoms with Gasteiger partial charge in [-0.25, -0.2) is 4.98 Å². The van der Waals surface area contributed by atoms with E-state index < -0.39 is 0 Å². The summed E-state index contributed by atoms with van der Waals surface area (Å²) in [5, 5.41) is 6.55. The molecule has 0 radical (unpaired) electrons. The second-order valence-electron chi connectivity index (χ2n) is 8.18. The molecule has 0 fully saturated rings. The molecule has 0 unspecified atom stereocenters. The molecule has 0 saturated heterocycles. The third-order valence-electron chi connectivity index (χ3n) is 5.59. The summed E-state index contributed by atoms with van der Waals surface area (Å²) in [7, 11) is 0. The van der Waals surface area contributed by atoms with Crippen LogP contribution in [0.3, 0.4) is 0 Å². The van der Waals surface area contributed by atoms with E-state index >= 15 is 0 Å². The molecular formula is C28H18BrN3O3S. The maximum atomic E-state index is 13.4. The van der Waals surface area contributed by atoms with E-state index in [9.17, 15) is 4.79 Å². The van der Waals surface area contributed by atoms with Crippen molar-refractivity contribution < 1.29 is 8.83 Å². The van der Waals surface area contributed by atoms with Crippen LogP contribution in [0.25, 0.3) is 33.5 Å². The van der Waals surface area contributed by atoms with Crippen LogP contribution in [0.1, 0.15) is 11.3 Å². The Morgan fingerprint density at radius 1 is 0.972 bits per heavy atom. The highest BCUT2D eigenvalue weighted by molar-refractivity contribution is 9.10. The SMILES string of the molecule is Cc1ccc(Sc2ccc(C=Nn3c(-c4cc5cc(Br)ccc5o4)nc4ccccc4c3=O)o2)cc1. The van der Waals surface area contributed by atoms with Crippen molar-refractivity contribution in [2.24, 2.45) is 5.10 Å². The minimum absolute atomic E-state index is 0.297. The molecule has 0 aliphatic heterocycles. The Morgan fingerprint density at radius 2 is 1.81 bits per heavy atom. The van der Waals surface area contributed by atoms with E-state index in [1.54, 1.807) is 18.2 Å². The first-order valence-corrected chi connectivity index (χ1v) is 12.7. The monoisotopic (exact) mass is 555 g/mol. The minimum Gasteiger partial charge on any atom is -0.453 e. The molecule has 6 aromatic rings. The van der Waals surface area contributed by atoms with Gasteiger partial charge in [-0.05, 0) is 67.6 Å². The second kappa shape index (κ2) is 9.29. The van der Waals surface area contributed by atoms with E-state index in [2.05, 4.69) is 52.2 Å². The number of furan rings is 2. The summed E-state index contributed by atoms with van der Waals surface area (Å²) >= 11 is 5.00. The first kappa shape index (κ1) is 22.6. The molecule has 0 saturated carbocycles. The highest BCUT2D eigenvalue weighted by Crippen LogP contribution is 2.30. The van der Waals surface area contributed by atoms with E-state index in [-0.39, 0.29) is 5.56 Å². The largest absolute Gasteiger partial charge is 0.453 e. The number of benzene rings is 3. The minimum atomic E-state index is -0.297. The van der Waals surface area contributed by atoms with Gasteiger partial charge in [-0.1, -0.05) is 57.5 Å². The van der Waals surface area contributed by atoms with Gasteiger partial charge in [-0.2, -0.15) is 9.78 Å². The Balaban J connectivity index is 1.40. The van der Waals surface area contributed by atoms with Gasteiger partial charge in [-0.15, -0.1) is 0 Å². The quantitative estimate of drug-likeness (QED) is 0.206. The molecule has 0 spiro atoms. The van der Waals surface area contributed by atoms with E-state index in [1.165, 1.54) is 28.2 Å². The lowest BCUT2D eigenvalue weighted by Crippen LogP contribution is -2.20. The maximum Gasteiger partial charge on any atom is 0.282 e. The van der Waals surface area contributed by atoms with Crippen molar-refractivity contribution in [1.29, 1.82) is 0 Å². The van der Waals surface area contributed by atoms with Crippen molar-refractivity contribution >= 4 is 55.8 Å². The number of hydrogen-bond donors (Lipinski definition) is 0. The molecule has 3 heterocycles. The fourth-order valence-electron chi connectivity index (χ4n) is 3.81. The number of aryl methyl sites for hydroxylation is 1. The maximum absolute atomic E-state index is 13.4. The lowest BCUT2D eigenvalue weighted by Gasteiger charge is -2.06. The molecular weight excluding hydrogens is 538 g/mol. The van der Waals surface area contributed by atoms with Crippen molar-refractivity contribution in [3.63, 3.8) is 0 Å². The standard InChI is InChI=1S/C28H18BrN3O3S/c1-17-6-10-21(11-7-17)36-26-13-9-20(34-26)16-30-32-27(31-23-5-3-2-4-22(23)28(32)33)25-15-18-14-19(29)8-12-24(18)35-25/h2-16H,1H3. The lowest BCUT2D eigenvalue weighted by atomic mass is 10.2. The van der Waals surface area contributed by atoms with Crippen LogP contribution in [0.4, 0.5) is 0 Å². The Labute approximate surface area is 218 Å². The van der Waals surface area contributed by atoms with Crippen LogP contribution in [0, 0.1) is 6.92 Å². The second-order valence-corrected chi connectivity index (χ2v) is 10.2. The molecule has 3 aromatic carbocycles. The highest BCUT2D eigenvalue weighted by Gasteiger charge is 2.16. The van der Waals surface area contributed by atoms with E-state index in [0.717, 1.165) is 19.8 Å². The summed E-state index contributed by atoms with van der Waals surface area (Å²) in [5.74, 6) is 1.27. The van der Waals surface area contributed by atoms with Crippen molar-refractivity contribution in [3.8, 4) is 11.6 Å². The zero-order valence-corrected chi connectivity index (χ0v) is 21.4. The topological polar surface area (TPSA) is 73.5 Å². The Bertz CT molecular complexity index is 1820. The Kier molecular flexibility index (Phi) is 5.83. The first-order valence-electron chi connectivity index (χ1n) is 11.1. The number of fused-ring (bicyclic) bond motifs is 2. The summed E-state index contributed by atoms with van der Waals surface area (Å²) in [6.07, 6.45) is 1.51. The smallest absolute Gasteiger partial charge is 0.282 e. The molecule has 8 heteroatoms. The van der Waals surface area contributed by atoms with Crippen LogP contribution in [0.15, 0.2) is 118 Å². The first-order chi connectivity index (χ1) is 17.5. The third-order valence-corrected chi connectivity index (χ3v) is 7.02. The van der Waals surface area contributed by atoms with Gasteiger partial charge in [0.2, 0.25) is 5.82 Å². The van der Waals surface area contributed by atoms with Gasteiger partial charge in [0.05, 0.1) is 17.1 Å². The van der Waals surface area contributed by atoms with Crippen LogP contribution in [0.5, 0.6) is 0 Å². The van der Waals surface area contributed by atoms with Gasteiger partial charge in [-0.3, -0.25) is 4.79 Å². The fourth-order valence-corrected chi connectivity index (χ4v) is 4.97. The van der Waals surface area contributed by atoms with Crippen LogP contribution < -0.4 is 5.56 Å². The van der Waals surface area contributed by atoms with Crippen molar-refractivity contribution in [2.75, 3.05) is 0 Å². The van der Waals surface area contributed by atoms with Gasteiger partial charge >= 0.3 is 0 Å². The van der Waals surface area contributed by atoms with Gasteiger partial charge in [0.15, 0.2) is 10.9 Å². The van der Waals surface area contributed by atoms with Gasteiger partial charge in [0.1, 0.15) is 11.3 Å². The molecule has 0 aliphatic rings. The summed E-state index contributed by atoms with van der Waals surface area (Å²) < 4.78 is 14.1. The van der Waals surface area contributed by atoms with Gasteiger partial charge in [0.25, 0.3) is 5.56 Å². The Hall–Kier alpha value is -3.88. The average Bonchev–Trinajstić information content (AvgIpc) is 3.51. The molecule has 176 valence electrons. The molecule has 0 atom stereocenters. The number of hydrogen-bond acceptors (Lipinski definition) is 6. The van der Waals surface area contributed by atoms with Crippen LogP contribution in [0.2, 0.25) is 0 Å². The number of nitrogens with zero attached hydrogens (tertiary/aromatic N) is 3. The molecule has 0 N–H and O–H groups in total. The molecule has 6 rings (SSSR count). The molecule has 36 heavy (non-hydrogen) atoms. The third kappa shape index (κ3) is 4.41. The molecule has 6 nitrogen and oxygen atoms in total. The molecule has 3 aromatic heterocycles. The number of halogens is 1. The van der Waals surface area contributed by atoms with Crippen LogP contribution in [-0.4, -0.2) is 15.9 Å². The fraction of sp³-hybridized carbons (Fsp3) is 0.0357. The van der Waals surface area contributed by atoms with Crippen molar-refractivity contribution in [3.05, 3.63) is 111 Å². The zero-order valence-electron chi connectivity index (χ0n) is 19.0. The highest BCUT2D eigenvalue weighted by atomic mass is 79.9. The summed E-state index contributed by atoms with van der Waals surface area (Å²) in [5.41, 5.74) is 2.17. The number of para-hydroxylation sites is 1. The van der Waals surface area contributed by atoms with Crippen molar-refractivity contribution in [1.82, 2.24) is 9.66 Å². The van der Waals surface area contributed by atoms with Crippen LogP contribution >= 0.6 is 27.7 Å². The predicted molar refractivity (Wildman–Crippen MR) is 146 cm³/mol. The summed E-state index contributed by atoms with van der Waals surface area (Å²) in [4.78, 5) is 19.2. The van der Waals surface area contributed by atoms with E-state index in [0.29, 0.717) is 33.8 Å². The van der Waals surface area contributed by atoms with Crippen LogP contribution in [-0.2, 0) is 0 Å².